The lowest BCUT2D eigenvalue weighted by Gasteiger charge is -2.38. The Balaban J connectivity index is 1.36. The third-order valence-corrected chi connectivity index (χ3v) is 21.9. The summed E-state index contributed by atoms with van der Waals surface area (Å²) in [4.78, 5) is 27.8. The number of allylic oxidation sites excluding steroid dienone is 5. The Kier molecular flexibility index (Phi) is 36.7. The average molecular weight is 1380 g/mol. The van der Waals surface area contributed by atoms with Gasteiger partial charge in [0.2, 0.25) is 0 Å². The fraction of sp³-hybridized carbons (Fsp3) is 0.818. The summed E-state index contributed by atoms with van der Waals surface area (Å²) in [7, 11) is 4.86. The van der Waals surface area contributed by atoms with Gasteiger partial charge in [-0.15, -0.1) is 0 Å². The van der Waals surface area contributed by atoms with E-state index >= 15 is 0 Å². The van der Waals surface area contributed by atoms with Gasteiger partial charge in [-0.25, -0.2) is 9.59 Å². The summed E-state index contributed by atoms with van der Waals surface area (Å²) in [5, 5.41) is 105. The second kappa shape index (κ2) is 42.2. The van der Waals surface area contributed by atoms with Crippen LogP contribution in [-0.2, 0) is 52.2 Å². The molecule has 4 bridgehead atoms. The Morgan fingerprint density at radius 3 is 1.46 bits per heavy atom. The molecule has 20 heteroatoms. The average Bonchev–Trinajstić information content (AvgIpc) is 0.868. The smallest absolute Gasteiger partial charge is 0.331 e. The molecule has 0 aromatic carbocycles. The number of carbonyl (C=O) groups excluding carboxylic acids is 2. The van der Waals surface area contributed by atoms with Crippen molar-refractivity contribution >= 4 is 11.9 Å². The van der Waals surface area contributed by atoms with Gasteiger partial charge < -0.3 is 88.6 Å². The van der Waals surface area contributed by atoms with Crippen molar-refractivity contribution in [3.8, 4) is 0 Å². The van der Waals surface area contributed by atoms with Crippen molar-refractivity contribution in [2.24, 2.45) is 47.3 Å². The lowest BCUT2D eigenvalue weighted by Crippen LogP contribution is -2.45. The molecule has 0 amide bonds. The van der Waals surface area contributed by atoms with Crippen molar-refractivity contribution < 1.29 is 98.2 Å². The Bertz CT molecular complexity index is 2470. The standard InChI is InChI=1S/C77H130O20/c1-44-22-28-56(78)36-59-19-17-21-62(95-59)41-71(91-15)51(8)67(82)43-69(84)53(10)77(55(12)75(88)47(4)27-31-64-39-65(89-13)35-49(6)93-64)97-73(86)33-25-45(2)23-29-57(79)37-60-18-16-20-61(94-60)40-70(90-14)50(7)66(81)42-68(83)52(9)76(96-72(85)32-24-44)54(11)74(87)46(3)26-30-63-38-58(80)34-48(5)92-63/h16,18-19,22-25,32-33,46-58,60-71,74-84,87-88H,17,20-21,26-31,34-43H2,1-15H3/b32-24-,33-25-,44-22+,45-23+/t46-,47-,48+,49+,50+,51-,52+,53+,54-,55-,56-,57+,58-,60+,61-,62-,63-,64-,65+,66+,67-,68+,69+,70-,71+,74-,75+,76-,77-/m1/s1. The third-order valence-electron chi connectivity index (χ3n) is 21.9. The first-order chi connectivity index (χ1) is 45.9. The molecule has 0 saturated carbocycles. The van der Waals surface area contributed by atoms with E-state index in [1.807, 2.05) is 85.8 Å². The van der Waals surface area contributed by atoms with E-state index in [4.69, 9.17) is 42.6 Å². The summed E-state index contributed by atoms with van der Waals surface area (Å²) >= 11 is 0. The third kappa shape index (κ3) is 28.0. The molecule has 97 heavy (non-hydrogen) atoms. The van der Waals surface area contributed by atoms with Crippen LogP contribution in [0, 0.1) is 47.3 Å². The summed E-state index contributed by atoms with van der Waals surface area (Å²) in [6, 6.07) is 0. The molecule has 0 aromatic heterocycles. The summed E-state index contributed by atoms with van der Waals surface area (Å²) in [5.41, 5.74) is 1.37. The number of rotatable bonds is 15. The van der Waals surface area contributed by atoms with Crippen molar-refractivity contribution in [2.75, 3.05) is 21.3 Å². The minimum atomic E-state index is -1.18. The van der Waals surface area contributed by atoms with Gasteiger partial charge >= 0.3 is 11.9 Å². The lowest BCUT2D eigenvalue weighted by atomic mass is 9.78. The Hall–Kier alpha value is -3.42. The molecule has 0 radical (unpaired) electrons. The fourth-order valence-electron chi connectivity index (χ4n) is 15.2. The highest BCUT2D eigenvalue weighted by atomic mass is 16.6. The number of carbonyl (C=O) groups is 2. The SMILES string of the molecule is CO[C@@H]1C[C@@H](CC[C@@H](C)[C@H](O)[C@@H](C)[C@@H]2OC(=O)/C=C\C(C)=C\C[C@H](O)C[C@@H]3C=CC[C@H](C[C@@H](OC)[C@@H](C)[C@@H](O)C[C@H](O)[C@H](C)[C@H]([C@H](C)[C@H](O)[C@H](C)CC[C@@H]4C[C@H](O)C[C@H](C)O4)OC(=O)/C=C\C(C)=C\C[C@@H](O)CC4=CCC[C@H](C[C@H](OC)[C@H](C)[C@H](O)C[C@H](O)[C@@H]2C)O4)O3)O[C@@H](C)C1. The molecule has 20 nitrogen and oxygen atoms in total. The van der Waals surface area contributed by atoms with Crippen LogP contribution >= 0.6 is 0 Å². The maximum absolute atomic E-state index is 13.9. The minimum Gasteiger partial charge on any atom is -0.495 e. The van der Waals surface area contributed by atoms with E-state index < -0.39 is 133 Å². The molecule has 5 heterocycles. The Morgan fingerprint density at radius 1 is 0.495 bits per heavy atom. The van der Waals surface area contributed by atoms with Gasteiger partial charge in [-0.1, -0.05) is 103 Å². The zero-order valence-corrected chi connectivity index (χ0v) is 61.4. The van der Waals surface area contributed by atoms with Crippen molar-refractivity contribution in [2.45, 2.75) is 333 Å². The number of esters is 2. The van der Waals surface area contributed by atoms with Gasteiger partial charge in [0.15, 0.2) is 0 Å². The molecule has 9 N–H and O–H groups in total. The summed E-state index contributed by atoms with van der Waals surface area (Å²) in [6.45, 7) is 22.3. The van der Waals surface area contributed by atoms with Crippen molar-refractivity contribution in [1.82, 2.24) is 0 Å². The van der Waals surface area contributed by atoms with Crippen LogP contribution in [0.4, 0.5) is 0 Å². The number of hydrogen-bond acceptors (Lipinski definition) is 20. The first-order valence-electron chi connectivity index (χ1n) is 36.7. The van der Waals surface area contributed by atoms with Gasteiger partial charge in [-0.3, -0.25) is 0 Å². The molecule has 2 fully saturated rings. The van der Waals surface area contributed by atoms with Crippen LogP contribution in [0.1, 0.15) is 205 Å². The first-order valence-corrected chi connectivity index (χ1v) is 36.7. The minimum absolute atomic E-state index is 0.0302. The van der Waals surface area contributed by atoms with Crippen LogP contribution < -0.4 is 0 Å². The van der Waals surface area contributed by atoms with Crippen LogP contribution in [-0.4, -0.2) is 207 Å². The van der Waals surface area contributed by atoms with Gasteiger partial charge in [0.25, 0.3) is 0 Å². The molecule has 5 aliphatic rings. The predicted molar refractivity (Wildman–Crippen MR) is 372 cm³/mol. The van der Waals surface area contributed by atoms with Gasteiger partial charge in [0, 0.05) is 94.7 Å². The van der Waals surface area contributed by atoms with Crippen LogP contribution in [0.25, 0.3) is 0 Å². The molecule has 5 aliphatic heterocycles. The number of aliphatic hydroxyl groups excluding tert-OH is 9. The normalized spacial score (nSPS) is 40.6. The molecule has 0 aromatic rings. The van der Waals surface area contributed by atoms with E-state index in [9.17, 15) is 55.5 Å². The molecule has 29 atom stereocenters. The number of fused-ring (bicyclic) bond motifs is 4. The highest BCUT2D eigenvalue weighted by molar-refractivity contribution is 5.83. The van der Waals surface area contributed by atoms with Gasteiger partial charge in [0.05, 0.1) is 116 Å². The molecule has 0 aliphatic carbocycles. The summed E-state index contributed by atoms with van der Waals surface area (Å²) in [5.74, 6) is -4.98. The van der Waals surface area contributed by atoms with E-state index in [1.54, 1.807) is 61.2 Å². The van der Waals surface area contributed by atoms with Crippen LogP contribution in [0.3, 0.4) is 0 Å². The zero-order valence-electron chi connectivity index (χ0n) is 61.4. The first kappa shape index (κ1) is 84.2. The van der Waals surface area contributed by atoms with E-state index in [0.717, 1.165) is 12.8 Å². The molecular weight excluding hydrogens is 1240 g/mol. The number of ether oxygens (including phenoxy) is 9. The fourth-order valence-corrected chi connectivity index (χ4v) is 15.2. The van der Waals surface area contributed by atoms with Gasteiger partial charge in [-0.2, -0.15) is 0 Å². The number of cyclic esters (lactones) is 2. The van der Waals surface area contributed by atoms with Crippen LogP contribution in [0.5, 0.6) is 0 Å². The molecule has 558 valence electrons. The molecule has 0 unspecified atom stereocenters. The summed E-state index contributed by atoms with van der Waals surface area (Å²) < 4.78 is 55.4. The summed E-state index contributed by atoms with van der Waals surface area (Å²) in [6.07, 6.45) is 11.6. The van der Waals surface area contributed by atoms with E-state index in [1.165, 1.54) is 12.2 Å². The molecule has 0 spiro atoms. The van der Waals surface area contributed by atoms with Crippen LogP contribution in [0.2, 0.25) is 0 Å². The zero-order chi connectivity index (χ0) is 71.8. The van der Waals surface area contributed by atoms with E-state index in [0.29, 0.717) is 87.5 Å². The number of hydrogen-bond donors (Lipinski definition) is 9. The van der Waals surface area contributed by atoms with Crippen molar-refractivity contribution in [3.05, 3.63) is 71.6 Å². The Labute approximate surface area is 581 Å². The molecule has 5 rings (SSSR count). The number of methoxy groups -OCH3 is 3. The van der Waals surface area contributed by atoms with Gasteiger partial charge in [0.1, 0.15) is 18.3 Å². The van der Waals surface area contributed by atoms with Crippen molar-refractivity contribution in [3.63, 3.8) is 0 Å². The highest BCUT2D eigenvalue weighted by Crippen LogP contribution is 2.37. The highest BCUT2D eigenvalue weighted by Gasteiger charge is 2.42. The second-order valence-electron chi connectivity index (χ2n) is 30.1. The largest absolute Gasteiger partial charge is 0.495 e. The molecule has 2 saturated heterocycles. The maximum atomic E-state index is 13.9. The number of aliphatic hydroxyl groups is 9. The van der Waals surface area contributed by atoms with E-state index in [2.05, 4.69) is 0 Å². The molecular formula is C77H130O20. The predicted octanol–water partition coefficient (Wildman–Crippen LogP) is 9.80. The Morgan fingerprint density at radius 2 is 0.969 bits per heavy atom. The van der Waals surface area contributed by atoms with E-state index in [-0.39, 0.29) is 93.1 Å². The maximum Gasteiger partial charge on any atom is 0.331 e. The van der Waals surface area contributed by atoms with Gasteiger partial charge in [-0.05, 0) is 142 Å². The monoisotopic (exact) mass is 1370 g/mol. The second-order valence-corrected chi connectivity index (χ2v) is 30.1. The quantitative estimate of drug-likeness (QED) is 0.0544. The van der Waals surface area contributed by atoms with Crippen molar-refractivity contribution in [1.29, 1.82) is 0 Å². The van der Waals surface area contributed by atoms with Crippen LogP contribution in [0.15, 0.2) is 71.6 Å². The lowest BCUT2D eigenvalue weighted by molar-refractivity contribution is -0.158. The topological polar surface area (TPSA) is 299 Å².